The average Bonchev–Trinajstić information content (AvgIpc) is 2.77. The van der Waals surface area contributed by atoms with Gasteiger partial charge in [-0.1, -0.05) is 59.6 Å². The number of ether oxygens (including phenoxy) is 1. The number of nitrogens with zero attached hydrogens (tertiary/aromatic N) is 2. The number of benzene rings is 3. The number of thioether (sulfide) groups is 1. The fourth-order valence-corrected chi connectivity index (χ4v) is 4.60. The Balaban J connectivity index is 1.56. The first-order chi connectivity index (χ1) is 14.7. The van der Waals surface area contributed by atoms with Gasteiger partial charge >= 0.3 is 0 Å². The molecule has 1 aliphatic rings. The summed E-state index contributed by atoms with van der Waals surface area (Å²) in [7, 11) is 0. The molecule has 0 atom stereocenters. The van der Waals surface area contributed by atoms with Gasteiger partial charge in [0.25, 0.3) is 0 Å². The van der Waals surface area contributed by atoms with Gasteiger partial charge in [0.15, 0.2) is 5.82 Å². The number of aryl methyl sites for hydroxylation is 1. The highest BCUT2D eigenvalue weighted by Gasteiger charge is 2.24. The fraction of sp³-hybridized carbons (Fsp3) is 0.120. The zero-order chi connectivity index (χ0) is 20.5. The molecule has 3 aromatic carbocycles. The molecule has 3 nitrogen and oxygen atoms in total. The number of fused-ring (bicyclic) bond motifs is 2. The quantitative estimate of drug-likeness (QED) is 0.225. The van der Waals surface area contributed by atoms with Crippen molar-refractivity contribution in [1.29, 1.82) is 0 Å². The van der Waals surface area contributed by atoms with Crippen molar-refractivity contribution < 1.29 is 4.74 Å². The van der Waals surface area contributed by atoms with Gasteiger partial charge in [0.05, 0.1) is 5.56 Å². The molecular formula is C25H19ClN2OS. The summed E-state index contributed by atoms with van der Waals surface area (Å²) in [5.74, 6) is 3.00. The molecule has 0 bridgehead atoms. The van der Waals surface area contributed by atoms with Crippen molar-refractivity contribution in [1.82, 2.24) is 9.97 Å². The van der Waals surface area contributed by atoms with Crippen LogP contribution in [-0.4, -0.2) is 9.97 Å². The Bertz CT molecular complexity index is 1210. The van der Waals surface area contributed by atoms with Crippen molar-refractivity contribution in [3.05, 3.63) is 100 Å². The molecule has 0 radical (unpaired) electrons. The molecule has 0 spiro atoms. The predicted octanol–water partition coefficient (Wildman–Crippen LogP) is 7.09. The normalized spacial score (nSPS) is 12.1. The third-order valence-electron chi connectivity index (χ3n) is 5.04. The van der Waals surface area contributed by atoms with Crippen molar-refractivity contribution in [2.45, 2.75) is 24.1 Å². The van der Waals surface area contributed by atoms with Crippen molar-refractivity contribution in [2.24, 2.45) is 0 Å². The van der Waals surface area contributed by atoms with E-state index in [1.54, 1.807) is 11.8 Å². The summed E-state index contributed by atoms with van der Waals surface area (Å²) in [5.41, 5.74) is 5.62. The SMILES string of the molecule is Cc1ccc2c(c1)Cc1c(nc(-c3ccc(Cl)cc3)nc1SCc1ccccc1)O2. The molecule has 0 saturated carbocycles. The summed E-state index contributed by atoms with van der Waals surface area (Å²) in [6.07, 6.45) is 0.768. The van der Waals surface area contributed by atoms with E-state index in [4.69, 9.17) is 26.3 Å². The van der Waals surface area contributed by atoms with Gasteiger partial charge in [-0.15, -0.1) is 11.8 Å². The number of hydrogen-bond acceptors (Lipinski definition) is 4. The molecule has 0 N–H and O–H groups in total. The fourth-order valence-electron chi connectivity index (χ4n) is 3.49. The molecule has 0 saturated heterocycles. The van der Waals surface area contributed by atoms with E-state index in [1.165, 1.54) is 16.7 Å². The second-order valence-corrected chi connectivity index (χ2v) is 8.71. The topological polar surface area (TPSA) is 35.0 Å². The molecule has 2 heterocycles. The minimum atomic E-state index is 0.641. The van der Waals surface area contributed by atoms with Crippen LogP contribution in [0.15, 0.2) is 77.8 Å². The molecule has 5 rings (SSSR count). The standard InChI is InChI=1S/C25H19ClN2OS/c1-16-7-12-22-19(13-16)14-21-24(29-22)27-23(18-8-10-20(26)11-9-18)28-25(21)30-15-17-5-3-2-4-6-17/h2-13H,14-15H2,1H3. The van der Waals surface area contributed by atoms with Crippen molar-refractivity contribution in [3.8, 4) is 23.0 Å². The lowest BCUT2D eigenvalue weighted by atomic mass is 10.0. The number of rotatable bonds is 4. The van der Waals surface area contributed by atoms with E-state index in [0.29, 0.717) is 16.7 Å². The number of halogens is 1. The van der Waals surface area contributed by atoms with Crippen LogP contribution in [0, 0.1) is 6.92 Å². The summed E-state index contributed by atoms with van der Waals surface area (Å²) in [6.45, 7) is 2.10. The second kappa shape index (κ2) is 8.13. The molecule has 4 aromatic rings. The molecule has 0 amide bonds. The lowest BCUT2D eigenvalue weighted by molar-refractivity contribution is 0.435. The highest BCUT2D eigenvalue weighted by Crippen LogP contribution is 2.41. The van der Waals surface area contributed by atoms with Crippen molar-refractivity contribution >= 4 is 23.4 Å². The van der Waals surface area contributed by atoms with Gasteiger partial charge in [0.2, 0.25) is 5.88 Å². The Morgan fingerprint density at radius 1 is 0.967 bits per heavy atom. The van der Waals surface area contributed by atoms with E-state index in [9.17, 15) is 0 Å². The third kappa shape index (κ3) is 3.93. The zero-order valence-corrected chi connectivity index (χ0v) is 18.0. The van der Waals surface area contributed by atoms with Gasteiger partial charge in [-0.3, -0.25) is 0 Å². The summed E-state index contributed by atoms with van der Waals surface area (Å²) in [6, 6.07) is 24.3. The molecule has 0 aliphatic carbocycles. The van der Waals surface area contributed by atoms with Crippen LogP contribution in [0.3, 0.4) is 0 Å². The van der Waals surface area contributed by atoms with Crippen LogP contribution in [0.4, 0.5) is 0 Å². The van der Waals surface area contributed by atoms with Crippen LogP contribution in [0.2, 0.25) is 5.02 Å². The van der Waals surface area contributed by atoms with Crippen LogP contribution >= 0.6 is 23.4 Å². The van der Waals surface area contributed by atoms with E-state index in [0.717, 1.165) is 34.1 Å². The predicted molar refractivity (Wildman–Crippen MR) is 123 cm³/mol. The molecule has 5 heteroatoms. The summed E-state index contributed by atoms with van der Waals surface area (Å²) in [5, 5.41) is 1.65. The lowest BCUT2D eigenvalue weighted by Crippen LogP contribution is -2.09. The van der Waals surface area contributed by atoms with Gasteiger partial charge < -0.3 is 4.74 Å². The third-order valence-corrected chi connectivity index (χ3v) is 6.38. The van der Waals surface area contributed by atoms with E-state index >= 15 is 0 Å². The van der Waals surface area contributed by atoms with Gasteiger partial charge in [-0.2, -0.15) is 4.98 Å². The monoisotopic (exact) mass is 430 g/mol. The van der Waals surface area contributed by atoms with Crippen LogP contribution in [-0.2, 0) is 12.2 Å². The maximum Gasteiger partial charge on any atom is 0.227 e. The Hall–Kier alpha value is -2.82. The van der Waals surface area contributed by atoms with Crippen molar-refractivity contribution in [3.63, 3.8) is 0 Å². The highest BCUT2D eigenvalue weighted by molar-refractivity contribution is 7.98. The van der Waals surface area contributed by atoms with Gasteiger partial charge in [0, 0.05) is 22.8 Å². The maximum absolute atomic E-state index is 6.22. The smallest absolute Gasteiger partial charge is 0.227 e. The summed E-state index contributed by atoms with van der Waals surface area (Å²) in [4.78, 5) is 9.69. The molecule has 1 aromatic heterocycles. The van der Waals surface area contributed by atoms with E-state index in [2.05, 4.69) is 43.3 Å². The highest BCUT2D eigenvalue weighted by atomic mass is 35.5. The Kier molecular flexibility index (Phi) is 5.19. The van der Waals surface area contributed by atoms with Gasteiger partial charge in [-0.05, 0) is 48.4 Å². The number of aromatic nitrogens is 2. The Morgan fingerprint density at radius 3 is 2.57 bits per heavy atom. The molecular weight excluding hydrogens is 412 g/mol. The van der Waals surface area contributed by atoms with E-state index in [1.807, 2.05) is 36.4 Å². The molecule has 0 fully saturated rings. The summed E-state index contributed by atoms with van der Waals surface area (Å²) >= 11 is 7.78. The minimum Gasteiger partial charge on any atom is -0.438 e. The molecule has 0 unspecified atom stereocenters. The largest absolute Gasteiger partial charge is 0.438 e. The van der Waals surface area contributed by atoms with E-state index < -0.39 is 0 Å². The number of hydrogen-bond donors (Lipinski definition) is 0. The van der Waals surface area contributed by atoms with Crippen LogP contribution in [0.5, 0.6) is 11.6 Å². The van der Waals surface area contributed by atoms with Crippen molar-refractivity contribution in [2.75, 3.05) is 0 Å². The van der Waals surface area contributed by atoms with Gasteiger partial charge in [0.1, 0.15) is 10.8 Å². The van der Waals surface area contributed by atoms with Crippen LogP contribution < -0.4 is 4.74 Å². The Morgan fingerprint density at radius 2 is 1.77 bits per heavy atom. The molecule has 30 heavy (non-hydrogen) atoms. The lowest BCUT2D eigenvalue weighted by Gasteiger charge is -2.22. The first kappa shape index (κ1) is 19.2. The average molecular weight is 431 g/mol. The summed E-state index contributed by atoms with van der Waals surface area (Å²) < 4.78 is 6.22. The first-order valence-corrected chi connectivity index (χ1v) is 11.1. The maximum atomic E-state index is 6.22. The molecule has 148 valence electrons. The zero-order valence-electron chi connectivity index (χ0n) is 16.4. The second-order valence-electron chi connectivity index (χ2n) is 7.31. The first-order valence-electron chi connectivity index (χ1n) is 9.77. The van der Waals surface area contributed by atoms with Gasteiger partial charge in [-0.25, -0.2) is 4.98 Å². The van der Waals surface area contributed by atoms with Crippen LogP contribution in [0.1, 0.15) is 22.3 Å². The van der Waals surface area contributed by atoms with E-state index in [-0.39, 0.29) is 0 Å². The minimum absolute atomic E-state index is 0.641. The Labute approximate surface area is 185 Å². The molecule has 1 aliphatic heterocycles. The van der Waals surface area contributed by atoms with Crippen LogP contribution in [0.25, 0.3) is 11.4 Å².